The second-order valence-electron chi connectivity index (χ2n) is 4.97. The van der Waals surface area contributed by atoms with Gasteiger partial charge in [0.05, 0.1) is 11.2 Å². The molecule has 1 unspecified atom stereocenters. The molecule has 1 aliphatic heterocycles. The zero-order chi connectivity index (χ0) is 11.5. The van der Waals surface area contributed by atoms with Crippen molar-refractivity contribution in [3.63, 3.8) is 0 Å². The molecule has 0 fully saturated rings. The lowest BCUT2D eigenvalue weighted by Crippen LogP contribution is -2.45. The van der Waals surface area contributed by atoms with Gasteiger partial charge in [0.1, 0.15) is 0 Å². The molecule has 0 aromatic heterocycles. The van der Waals surface area contributed by atoms with Gasteiger partial charge in [-0.25, -0.2) is 0 Å². The Morgan fingerprint density at radius 2 is 2.07 bits per heavy atom. The smallest absolute Gasteiger partial charge is 0.0949 e. The molecule has 0 aromatic carbocycles. The molecular weight excluding hydrogens is 209 g/mol. The fraction of sp³-hybridized carbons (Fsp3) is 0.818. The molecule has 0 saturated heterocycles. The lowest BCUT2D eigenvalue weighted by Gasteiger charge is -2.37. The molecule has 4 heteroatoms. The van der Waals surface area contributed by atoms with Gasteiger partial charge < -0.3 is 14.9 Å². The van der Waals surface area contributed by atoms with Crippen molar-refractivity contribution in [1.82, 2.24) is 5.32 Å². The standard InChI is InChI=1S/C11H22NO2P/c1-10(2,13)11(3,4)14-15-9-6-5-7-12-8-9/h6,12-13,15H,5,7-8H2,1-4H3. The van der Waals surface area contributed by atoms with Gasteiger partial charge in [0.15, 0.2) is 0 Å². The first-order valence-electron chi connectivity index (χ1n) is 5.39. The van der Waals surface area contributed by atoms with Crippen molar-refractivity contribution in [2.24, 2.45) is 0 Å². The molecule has 1 aliphatic rings. The predicted molar refractivity (Wildman–Crippen MR) is 65.3 cm³/mol. The van der Waals surface area contributed by atoms with E-state index in [2.05, 4.69) is 11.4 Å². The molecule has 3 nitrogen and oxygen atoms in total. The molecule has 0 radical (unpaired) electrons. The zero-order valence-corrected chi connectivity index (χ0v) is 11.1. The van der Waals surface area contributed by atoms with Gasteiger partial charge >= 0.3 is 0 Å². The van der Waals surface area contributed by atoms with E-state index in [1.807, 2.05) is 13.8 Å². The molecule has 2 N–H and O–H groups in total. The van der Waals surface area contributed by atoms with Crippen LogP contribution < -0.4 is 5.32 Å². The third-order valence-electron chi connectivity index (χ3n) is 2.94. The minimum absolute atomic E-state index is 0.345. The van der Waals surface area contributed by atoms with E-state index in [1.54, 1.807) is 13.8 Å². The maximum absolute atomic E-state index is 9.92. The summed E-state index contributed by atoms with van der Waals surface area (Å²) in [4.78, 5) is 0. The SMILES string of the molecule is CC(C)(O)C(C)(C)OPC1=CCCNC1. The van der Waals surface area contributed by atoms with Gasteiger partial charge in [0.2, 0.25) is 0 Å². The van der Waals surface area contributed by atoms with Crippen molar-refractivity contribution in [3.05, 3.63) is 11.4 Å². The van der Waals surface area contributed by atoms with Gasteiger partial charge in [-0.15, -0.1) is 0 Å². The third-order valence-corrected chi connectivity index (χ3v) is 4.19. The molecule has 88 valence electrons. The minimum Gasteiger partial charge on any atom is -0.387 e. The van der Waals surface area contributed by atoms with Gasteiger partial charge in [0.25, 0.3) is 0 Å². The van der Waals surface area contributed by atoms with Gasteiger partial charge in [0, 0.05) is 15.4 Å². The summed E-state index contributed by atoms with van der Waals surface area (Å²) >= 11 is 0. The fourth-order valence-electron chi connectivity index (χ4n) is 1.04. The van der Waals surface area contributed by atoms with E-state index in [9.17, 15) is 5.11 Å². The molecule has 0 saturated carbocycles. The number of rotatable bonds is 4. The lowest BCUT2D eigenvalue weighted by atomic mass is 9.90. The van der Waals surface area contributed by atoms with Crippen LogP contribution in [0, 0.1) is 0 Å². The van der Waals surface area contributed by atoms with Crippen molar-refractivity contribution >= 4 is 8.81 Å². The number of hydrogen-bond donors (Lipinski definition) is 2. The Bertz CT molecular complexity index is 243. The second kappa shape index (κ2) is 4.92. The summed E-state index contributed by atoms with van der Waals surface area (Å²) in [5, 5.41) is 14.5. The predicted octanol–water partition coefficient (Wildman–Crippen LogP) is 2.02. The highest BCUT2D eigenvalue weighted by Crippen LogP contribution is 2.36. The first-order valence-corrected chi connectivity index (χ1v) is 6.30. The monoisotopic (exact) mass is 231 g/mol. The molecule has 0 aliphatic carbocycles. The second-order valence-corrected chi connectivity index (χ2v) is 6.02. The van der Waals surface area contributed by atoms with Crippen molar-refractivity contribution in [2.75, 3.05) is 13.1 Å². The topological polar surface area (TPSA) is 41.5 Å². The third kappa shape index (κ3) is 3.84. The molecule has 0 aromatic rings. The first-order chi connectivity index (χ1) is 6.83. The highest BCUT2D eigenvalue weighted by atomic mass is 31.1. The summed E-state index contributed by atoms with van der Waals surface area (Å²) in [6.07, 6.45) is 3.31. The average Bonchev–Trinajstić information content (AvgIpc) is 2.15. The van der Waals surface area contributed by atoms with E-state index in [1.165, 1.54) is 5.31 Å². The van der Waals surface area contributed by atoms with Crippen LogP contribution in [0.15, 0.2) is 11.4 Å². The normalized spacial score (nSPS) is 19.7. The van der Waals surface area contributed by atoms with E-state index in [-0.39, 0.29) is 0 Å². The van der Waals surface area contributed by atoms with Crippen LogP contribution in [0.25, 0.3) is 0 Å². The lowest BCUT2D eigenvalue weighted by molar-refractivity contribution is -0.0836. The van der Waals surface area contributed by atoms with Crippen LogP contribution in [0.4, 0.5) is 0 Å². The van der Waals surface area contributed by atoms with Crippen LogP contribution >= 0.6 is 8.81 Å². The fourth-order valence-corrected chi connectivity index (χ4v) is 2.10. The highest BCUT2D eigenvalue weighted by molar-refractivity contribution is 7.37. The first kappa shape index (κ1) is 13.1. The number of aliphatic hydroxyl groups is 1. The quantitative estimate of drug-likeness (QED) is 0.727. The van der Waals surface area contributed by atoms with E-state index in [4.69, 9.17) is 4.52 Å². The van der Waals surface area contributed by atoms with E-state index < -0.39 is 11.2 Å². The molecule has 1 heterocycles. The van der Waals surface area contributed by atoms with Gasteiger partial charge in [-0.3, -0.25) is 0 Å². The van der Waals surface area contributed by atoms with E-state index in [0.717, 1.165) is 19.5 Å². The van der Waals surface area contributed by atoms with Gasteiger partial charge in [-0.1, -0.05) is 6.08 Å². The summed E-state index contributed by atoms with van der Waals surface area (Å²) in [5.41, 5.74) is -1.33. The maximum atomic E-state index is 9.92. The highest BCUT2D eigenvalue weighted by Gasteiger charge is 2.36. The van der Waals surface area contributed by atoms with Crippen LogP contribution in [0.5, 0.6) is 0 Å². The Balaban J connectivity index is 2.45. The van der Waals surface area contributed by atoms with Crippen LogP contribution in [0.1, 0.15) is 34.1 Å². The molecule has 1 rings (SSSR count). The van der Waals surface area contributed by atoms with Crippen molar-refractivity contribution in [1.29, 1.82) is 0 Å². The Morgan fingerprint density at radius 3 is 2.53 bits per heavy atom. The molecule has 0 amide bonds. The van der Waals surface area contributed by atoms with Crippen molar-refractivity contribution in [3.8, 4) is 0 Å². The van der Waals surface area contributed by atoms with Crippen LogP contribution in [-0.2, 0) is 4.52 Å². The molecule has 0 bridgehead atoms. The van der Waals surface area contributed by atoms with Crippen LogP contribution in [0.3, 0.4) is 0 Å². The Hall–Kier alpha value is 0.0500. The van der Waals surface area contributed by atoms with Gasteiger partial charge in [-0.2, -0.15) is 0 Å². The minimum atomic E-state index is -0.817. The summed E-state index contributed by atoms with van der Waals surface area (Å²) < 4.78 is 5.80. The molecule has 1 atom stereocenters. The Labute approximate surface area is 94.2 Å². The van der Waals surface area contributed by atoms with E-state index in [0.29, 0.717) is 8.81 Å². The van der Waals surface area contributed by atoms with E-state index >= 15 is 0 Å². The van der Waals surface area contributed by atoms with Crippen molar-refractivity contribution < 1.29 is 9.63 Å². The average molecular weight is 231 g/mol. The molecular formula is C11H22NO2P. The summed E-state index contributed by atoms with van der Waals surface area (Å²) in [6, 6.07) is 0. The maximum Gasteiger partial charge on any atom is 0.0949 e. The van der Waals surface area contributed by atoms with Crippen molar-refractivity contribution in [2.45, 2.75) is 45.3 Å². The van der Waals surface area contributed by atoms with Gasteiger partial charge in [-0.05, 0) is 46.0 Å². The molecule has 15 heavy (non-hydrogen) atoms. The zero-order valence-electron chi connectivity index (χ0n) is 10.1. The number of hydrogen-bond acceptors (Lipinski definition) is 3. The molecule has 0 spiro atoms. The summed E-state index contributed by atoms with van der Waals surface area (Å²) in [5.74, 6) is 0. The number of nitrogens with one attached hydrogen (secondary N) is 1. The van der Waals surface area contributed by atoms with Crippen LogP contribution in [0.2, 0.25) is 0 Å². The largest absolute Gasteiger partial charge is 0.387 e. The summed E-state index contributed by atoms with van der Waals surface area (Å²) in [6.45, 7) is 9.40. The Kier molecular flexibility index (Phi) is 4.30. The van der Waals surface area contributed by atoms with Crippen LogP contribution in [-0.4, -0.2) is 29.4 Å². The Morgan fingerprint density at radius 1 is 1.40 bits per heavy atom. The summed E-state index contributed by atoms with van der Waals surface area (Å²) in [7, 11) is 0.345.